The molecule has 1 saturated heterocycles. The molecule has 3 aliphatic rings. The Morgan fingerprint density at radius 3 is 1.98 bits per heavy atom. The fourth-order valence-electron chi connectivity index (χ4n) is 5.75. The molecule has 0 spiro atoms. The second-order valence-electron chi connectivity index (χ2n) is 11.5. The van der Waals surface area contributed by atoms with Gasteiger partial charge in [-0.3, -0.25) is 33.6 Å². The second-order valence-corrected chi connectivity index (χ2v) is 11.5. The first-order valence-corrected chi connectivity index (χ1v) is 15.6. The average molecular weight is 694 g/mol. The number of ketones is 1. The number of hydrogen-bond donors (Lipinski definition) is 0. The van der Waals surface area contributed by atoms with Crippen LogP contribution in [0, 0.1) is 0 Å². The van der Waals surface area contributed by atoms with Gasteiger partial charge in [0.1, 0.15) is 18.8 Å². The van der Waals surface area contributed by atoms with Gasteiger partial charge in [-0.2, -0.15) is 0 Å². The molecule has 3 aliphatic heterocycles. The van der Waals surface area contributed by atoms with E-state index in [1.165, 1.54) is 11.0 Å². The lowest BCUT2D eigenvalue weighted by molar-refractivity contribution is -0.320. The molecule has 1 aromatic rings. The Morgan fingerprint density at radius 1 is 0.796 bits per heavy atom. The van der Waals surface area contributed by atoms with E-state index in [9.17, 15) is 33.6 Å². The van der Waals surface area contributed by atoms with Crippen LogP contribution in [0.2, 0.25) is 0 Å². The topological polar surface area (TPSA) is 206 Å². The van der Waals surface area contributed by atoms with Crippen molar-refractivity contribution < 1.29 is 76.2 Å². The van der Waals surface area contributed by atoms with Gasteiger partial charge in [-0.25, -0.2) is 0 Å². The molecule has 0 aromatic heterocycles. The molecule has 17 heteroatoms. The van der Waals surface area contributed by atoms with Crippen molar-refractivity contribution >= 4 is 41.5 Å². The number of nitrogens with zero attached hydrogens (tertiary/aromatic N) is 1. The highest BCUT2D eigenvalue weighted by Crippen LogP contribution is 2.38. The van der Waals surface area contributed by atoms with Crippen LogP contribution in [0.15, 0.2) is 12.1 Å². The maximum Gasteiger partial charge on any atom is 0.303 e. The number of carbonyl (C=O) groups is 7. The lowest BCUT2D eigenvalue weighted by Crippen LogP contribution is -2.64. The van der Waals surface area contributed by atoms with Gasteiger partial charge >= 0.3 is 29.8 Å². The summed E-state index contributed by atoms with van der Waals surface area (Å²) >= 11 is 0. The third kappa shape index (κ3) is 9.23. The number of rotatable bonds is 10. The van der Waals surface area contributed by atoms with Crippen LogP contribution in [0.4, 0.5) is 0 Å². The van der Waals surface area contributed by atoms with Gasteiger partial charge in [-0.1, -0.05) is 6.92 Å². The van der Waals surface area contributed by atoms with Crippen LogP contribution in [0.25, 0.3) is 0 Å². The molecule has 17 nitrogen and oxygen atoms in total. The predicted molar refractivity (Wildman–Crippen MR) is 160 cm³/mol. The Bertz CT molecular complexity index is 1470. The zero-order chi connectivity index (χ0) is 36.0. The molecule has 7 atom stereocenters. The molecule has 1 fully saturated rings. The Kier molecular flexibility index (Phi) is 12.2. The zero-order valence-corrected chi connectivity index (χ0v) is 27.9. The minimum absolute atomic E-state index is 0.0477. The lowest BCUT2D eigenvalue weighted by atomic mass is 9.96. The third-order valence-corrected chi connectivity index (χ3v) is 7.58. The summed E-state index contributed by atoms with van der Waals surface area (Å²) in [6, 6.07) is 3.10. The van der Waals surface area contributed by atoms with E-state index in [1.807, 2.05) is 6.92 Å². The van der Waals surface area contributed by atoms with E-state index in [4.69, 9.17) is 42.6 Å². The van der Waals surface area contributed by atoms with Crippen LogP contribution in [-0.4, -0.2) is 109 Å². The van der Waals surface area contributed by atoms with E-state index in [-0.39, 0.29) is 25.4 Å². The molecule has 4 rings (SSSR count). The molecule has 0 unspecified atom stereocenters. The fourth-order valence-corrected chi connectivity index (χ4v) is 5.75. The molecule has 0 N–H and O–H groups in total. The highest BCUT2D eigenvalue weighted by Gasteiger charge is 2.54. The third-order valence-electron chi connectivity index (χ3n) is 7.58. The standard InChI is InChI=1S/C32H39NO16/c1-7-8-33-12-20-9-23-24(43-14-42-23)10-21(20)22(39)11-25(28(31(33)40)45-17(4)36)48-32-30(47-19(6)38)29(46-18(5)37)27(44-16(3)35)26(49-32)13-41-15(2)34/h9-10,25-30,32H,7-8,11-14H2,1-6H3/t25-,26-,27-,28+,29+,30-,32-/m1/s1. The molecular formula is C32H39NO16. The number of fused-ring (bicyclic) bond motifs is 2. The van der Waals surface area contributed by atoms with E-state index in [0.717, 1.165) is 34.6 Å². The van der Waals surface area contributed by atoms with Crippen molar-refractivity contribution in [2.24, 2.45) is 0 Å². The van der Waals surface area contributed by atoms with Crippen molar-refractivity contribution in [2.45, 2.75) is 104 Å². The summed E-state index contributed by atoms with van der Waals surface area (Å²) in [7, 11) is 0. The molecule has 0 radical (unpaired) electrons. The number of esters is 5. The normalized spacial score (nSPS) is 26.3. The highest BCUT2D eigenvalue weighted by atomic mass is 16.7. The SMILES string of the molecule is CCCN1Cc2cc3c(cc2C(=O)C[C@@H](O[C@@H]2O[C@H](COC(C)=O)[C@@H](OC(C)=O)[C@H](OC(C)=O)[C@H]2OC(C)=O)[C@H](OC(C)=O)C1=O)OCO3. The predicted octanol–water partition coefficient (Wildman–Crippen LogP) is 1.14. The van der Waals surface area contributed by atoms with Gasteiger partial charge in [-0.05, 0) is 24.1 Å². The molecular weight excluding hydrogens is 654 g/mol. The summed E-state index contributed by atoms with van der Waals surface area (Å²) in [5.41, 5.74) is 0.641. The molecule has 0 bridgehead atoms. The van der Waals surface area contributed by atoms with E-state index in [0.29, 0.717) is 23.5 Å². The first-order chi connectivity index (χ1) is 23.2. The number of amides is 1. The zero-order valence-electron chi connectivity index (χ0n) is 27.9. The molecule has 49 heavy (non-hydrogen) atoms. The average Bonchev–Trinajstić information content (AvgIpc) is 3.47. The van der Waals surface area contributed by atoms with Crippen LogP contribution in [0.1, 0.15) is 70.3 Å². The van der Waals surface area contributed by atoms with Crippen LogP contribution < -0.4 is 9.47 Å². The molecule has 0 saturated carbocycles. The summed E-state index contributed by atoms with van der Waals surface area (Å²) < 4.78 is 50.2. The number of carbonyl (C=O) groups excluding carboxylic acids is 7. The largest absolute Gasteiger partial charge is 0.463 e. The minimum Gasteiger partial charge on any atom is -0.463 e. The lowest BCUT2D eigenvalue weighted by Gasteiger charge is -2.45. The summed E-state index contributed by atoms with van der Waals surface area (Å²) in [5, 5.41) is 0. The first kappa shape index (κ1) is 37.1. The van der Waals surface area contributed by atoms with Crippen LogP contribution in [-0.2, 0) is 68.5 Å². The van der Waals surface area contributed by atoms with E-state index >= 15 is 0 Å². The Hall–Kier alpha value is -4.77. The van der Waals surface area contributed by atoms with Gasteiger partial charge in [-0.15, -0.1) is 0 Å². The minimum atomic E-state index is -1.76. The van der Waals surface area contributed by atoms with Crippen LogP contribution in [0.3, 0.4) is 0 Å². The quantitative estimate of drug-likeness (QED) is 0.249. The van der Waals surface area contributed by atoms with Gasteiger partial charge in [0.15, 0.2) is 41.9 Å². The van der Waals surface area contributed by atoms with Gasteiger partial charge in [0.05, 0.1) is 0 Å². The van der Waals surface area contributed by atoms with Crippen molar-refractivity contribution in [1.82, 2.24) is 4.90 Å². The number of Topliss-reactive ketones (excluding diaryl/α,β-unsaturated/α-hetero) is 1. The maximum atomic E-state index is 14.2. The Labute approximate surface area is 281 Å². The van der Waals surface area contributed by atoms with Gasteiger partial charge in [0.25, 0.3) is 5.91 Å². The summed E-state index contributed by atoms with van der Waals surface area (Å²) in [6.07, 6.45) is -11.2. The van der Waals surface area contributed by atoms with Crippen LogP contribution >= 0.6 is 0 Å². The van der Waals surface area contributed by atoms with Crippen molar-refractivity contribution in [2.75, 3.05) is 19.9 Å². The maximum absolute atomic E-state index is 14.2. The smallest absolute Gasteiger partial charge is 0.303 e. The van der Waals surface area contributed by atoms with Crippen molar-refractivity contribution in [3.05, 3.63) is 23.3 Å². The first-order valence-electron chi connectivity index (χ1n) is 15.6. The van der Waals surface area contributed by atoms with E-state index < -0.39 is 97.5 Å². The molecule has 1 aromatic carbocycles. The Balaban J connectivity index is 1.82. The fraction of sp³-hybridized carbons (Fsp3) is 0.594. The highest BCUT2D eigenvalue weighted by molar-refractivity contribution is 6.00. The number of hydrogen-bond acceptors (Lipinski definition) is 16. The molecule has 1 amide bonds. The van der Waals surface area contributed by atoms with Crippen molar-refractivity contribution in [1.29, 1.82) is 0 Å². The van der Waals surface area contributed by atoms with Gasteiger partial charge in [0.2, 0.25) is 12.9 Å². The van der Waals surface area contributed by atoms with Crippen LogP contribution in [0.5, 0.6) is 11.5 Å². The molecule has 0 aliphatic carbocycles. The second kappa shape index (κ2) is 16.1. The van der Waals surface area contributed by atoms with E-state index in [2.05, 4.69) is 0 Å². The van der Waals surface area contributed by atoms with Gasteiger partial charge in [0, 0.05) is 59.7 Å². The van der Waals surface area contributed by atoms with Crippen molar-refractivity contribution in [3.8, 4) is 11.5 Å². The molecule has 268 valence electrons. The molecule has 3 heterocycles. The monoisotopic (exact) mass is 693 g/mol. The summed E-state index contributed by atoms with van der Waals surface area (Å²) in [4.78, 5) is 90.4. The Morgan fingerprint density at radius 2 is 1.39 bits per heavy atom. The summed E-state index contributed by atoms with van der Waals surface area (Å²) in [6.45, 7) is 6.74. The van der Waals surface area contributed by atoms with Gasteiger partial charge < -0.3 is 47.5 Å². The summed E-state index contributed by atoms with van der Waals surface area (Å²) in [5.74, 6) is -4.74. The number of ether oxygens (including phenoxy) is 9. The van der Waals surface area contributed by atoms with Crippen molar-refractivity contribution in [3.63, 3.8) is 0 Å². The van der Waals surface area contributed by atoms with E-state index in [1.54, 1.807) is 6.07 Å². The number of benzene rings is 1.